The topological polar surface area (TPSA) is 87.8 Å². The number of rotatable bonds is 7. The van der Waals surface area contributed by atoms with E-state index in [-0.39, 0.29) is 23.1 Å². The summed E-state index contributed by atoms with van der Waals surface area (Å²) >= 11 is 3.20. The molecular formula is C23H24N4O2S2. The summed E-state index contributed by atoms with van der Waals surface area (Å²) in [5, 5.41) is 12.7. The van der Waals surface area contributed by atoms with Crippen LogP contribution in [-0.4, -0.2) is 20.7 Å². The van der Waals surface area contributed by atoms with Gasteiger partial charge in [-0.25, -0.2) is 4.98 Å². The molecule has 8 heteroatoms. The number of nitrogens with zero attached hydrogens (tertiary/aromatic N) is 3. The van der Waals surface area contributed by atoms with Gasteiger partial charge in [-0.1, -0.05) is 19.1 Å². The third-order valence-electron chi connectivity index (χ3n) is 5.39. The lowest BCUT2D eigenvalue weighted by Gasteiger charge is -2.13. The minimum atomic E-state index is -0.152. The van der Waals surface area contributed by atoms with Crippen LogP contribution in [0.4, 0.5) is 5.69 Å². The van der Waals surface area contributed by atoms with Crippen molar-refractivity contribution in [2.24, 2.45) is 0 Å². The molecule has 1 aromatic carbocycles. The Balaban J connectivity index is 1.45. The smallest absolute Gasteiger partial charge is 0.262 e. The van der Waals surface area contributed by atoms with Gasteiger partial charge in [0.25, 0.3) is 5.56 Å². The number of para-hydroxylation sites is 1. The predicted molar refractivity (Wildman–Crippen MR) is 126 cm³/mol. The molecule has 0 radical (unpaired) electrons. The molecule has 4 rings (SSSR count). The second-order valence-electron chi connectivity index (χ2n) is 7.72. The first-order chi connectivity index (χ1) is 15.1. The van der Waals surface area contributed by atoms with Crippen LogP contribution in [0.15, 0.2) is 40.3 Å². The van der Waals surface area contributed by atoms with E-state index in [9.17, 15) is 9.59 Å². The minimum Gasteiger partial charge on any atom is -0.325 e. The van der Waals surface area contributed by atoms with E-state index in [4.69, 9.17) is 5.26 Å². The van der Waals surface area contributed by atoms with Crippen LogP contribution in [0.25, 0.3) is 10.2 Å². The number of fused-ring (bicyclic) bond motifs is 3. The first kappa shape index (κ1) is 21.6. The van der Waals surface area contributed by atoms with Crippen molar-refractivity contribution in [2.75, 3.05) is 5.32 Å². The zero-order valence-corrected chi connectivity index (χ0v) is 19.0. The summed E-state index contributed by atoms with van der Waals surface area (Å²) in [6.45, 7) is 2.28. The van der Waals surface area contributed by atoms with E-state index >= 15 is 0 Å². The maximum atomic E-state index is 13.0. The number of carbonyl (C=O) groups is 1. The molecule has 0 bridgehead atoms. The summed E-state index contributed by atoms with van der Waals surface area (Å²) in [5.74, 6) is -0.152. The maximum absolute atomic E-state index is 13.0. The lowest BCUT2D eigenvalue weighted by molar-refractivity contribution is -0.116. The number of thioether (sulfide) groups is 1. The lowest BCUT2D eigenvalue weighted by atomic mass is 9.97. The number of anilines is 1. The monoisotopic (exact) mass is 452 g/mol. The average molecular weight is 453 g/mol. The van der Waals surface area contributed by atoms with Gasteiger partial charge in [-0.05, 0) is 43.4 Å². The van der Waals surface area contributed by atoms with Crippen LogP contribution in [0.5, 0.6) is 0 Å². The Kier molecular flexibility index (Phi) is 6.73. The van der Waals surface area contributed by atoms with Crippen molar-refractivity contribution in [1.29, 1.82) is 5.26 Å². The normalized spacial score (nSPS) is 14.1. The Morgan fingerprint density at radius 3 is 3.00 bits per heavy atom. The van der Waals surface area contributed by atoms with Crippen molar-refractivity contribution in [2.45, 2.75) is 62.1 Å². The molecule has 1 amide bonds. The van der Waals surface area contributed by atoms with Crippen LogP contribution in [0.3, 0.4) is 0 Å². The van der Waals surface area contributed by atoms with Crippen molar-refractivity contribution >= 4 is 44.9 Å². The molecule has 1 N–H and O–H groups in total. The fourth-order valence-corrected chi connectivity index (χ4v) is 6.05. The summed E-state index contributed by atoms with van der Waals surface area (Å²) < 4.78 is 1.55. The fraction of sp³-hybridized carbons (Fsp3) is 0.391. The van der Waals surface area contributed by atoms with Gasteiger partial charge in [0.1, 0.15) is 4.83 Å². The Bertz CT molecular complexity index is 1210. The van der Waals surface area contributed by atoms with E-state index in [1.807, 2.05) is 31.2 Å². The van der Waals surface area contributed by atoms with Crippen molar-refractivity contribution in [1.82, 2.24) is 9.55 Å². The number of amides is 1. The number of hydrogen-bond donors (Lipinski definition) is 1. The molecule has 6 nitrogen and oxygen atoms in total. The molecular weight excluding hydrogens is 428 g/mol. The number of nitriles is 1. The molecule has 0 saturated carbocycles. The molecule has 0 spiro atoms. The number of aromatic nitrogens is 2. The first-order valence-corrected chi connectivity index (χ1v) is 12.2. The van der Waals surface area contributed by atoms with E-state index < -0.39 is 0 Å². The van der Waals surface area contributed by atoms with Crippen molar-refractivity contribution in [3.63, 3.8) is 0 Å². The highest BCUT2D eigenvalue weighted by atomic mass is 32.2. The molecule has 1 atom stereocenters. The van der Waals surface area contributed by atoms with Gasteiger partial charge in [-0.2, -0.15) is 5.26 Å². The Morgan fingerprint density at radius 1 is 1.35 bits per heavy atom. The second kappa shape index (κ2) is 9.67. The largest absolute Gasteiger partial charge is 0.325 e. The zero-order chi connectivity index (χ0) is 21.8. The molecule has 1 unspecified atom stereocenters. The van der Waals surface area contributed by atoms with Gasteiger partial charge in [0.05, 0.1) is 23.5 Å². The van der Waals surface area contributed by atoms with Crippen LogP contribution >= 0.6 is 23.1 Å². The van der Waals surface area contributed by atoms with Crippen LogP contribution in [0.2, 0.25) is 0 Å². The number of aryl methyl sites for hydroxylation is 3. The summed E-state index contributed by atoms with van der Waals surface area (Å²) in [5.41, 5.74) is 1.86. The SMILES string of the molecule is CC(CC#N)Sc1ccccc1NC(=O)CCn1cnc2sc3c(c2c1=O)CCCC3. The molecule has 160 valence electrons. The highest BCUT2D eigenvalue weighted by molar-refractivity contribution is 8.00. The summed E-state index contributed by atoms with van der Waals surface area (Å²) in [4.78, 5) is 33.2. The molecule has 31 heavy (non-hydrogen) atoms. The first-order valence-electron chi connectivity index (χ1n) is 10.5. The lowest BCUT2D eigenvalue weighted by Crippen LogP contribution is -2.24. The Hall–Kier alpha value is -2.63. The van der Waals surface area contributed by atoms with Gasteiger partial charge in [0.15, 0.2) is 0 Å². The summed E-state index contributed by atoms with van der Waals surface area (Å²) in [6.07, 6.45) is 6.44. The standard InChI is InChI=1S/C23H24N4O2S2/c1-15(10-12-24)30-19-9-5-3-7-17(19)26-20(28)11-13-27-14-25-22-21(23(27)29)16-6-2-4-8-18(16)31-22/h3,5,7,9,14-15H,2,4,6,8,10-11,13H2,1H3,(H,26,28). The highest BCUT2D eigenvalue weighted by Gasteiger charge is 2.20. The van der Waals surface area contributed by atoms with Crippen molar-refractivity contribution in [3.8, 4) is 6.07 Å². The molecule has 1 aliphatic rings. The minimum absolute atomic E-state index is 0.0431. The van der Waals surface area contributed by atoms with Gasteiger partial charge < -0.3 is 5.32 Å². The molecule has 2 aromatic heterocycles. The second-order valence-corrected chi connectivity index (χ2v) is 10.3. The van der Waals surface area contributed by atoms with Crippen LogP contribution in [0, 0.1) is 11.3 Å². The van der Waals surface area contributed by atoms with Gasteiger partial charge in [0.2, 0.25) is 5.91 Å². The number of benzene rings is 1. The Labute approximate surface area is 189 Å². The predicted octanol–water partition coefficient (Wildman–Crippen LogP) is 4.76. The third-order valence-corrected chi connectivity index (χ3v) is 7.77. The van der Waals surface area contributed by atoms with E-state index in [0.29, 0.717) is 13.0 Å². The van der Waals surface area contributed by atoms with Gasteiger partial charge in [0, 0.05) is 34.4 Å². The molecule has 2 heterocycles. The van der Waals surface area contributed by atoms with Crippen molar-refractivity contribution in [3.05, 3.63) is 51.4 Å². The molecule has 1 aliphatic carbocycles. The molecule has 3 aromatic rings. The maximum Gasteiger partial charge on any atom is 0.262 e. The number of carbonyl (C=O) groups excluding carboxylic acids is 1. The molecule has 0 saturated heterocycles. The van der Waals surface area contributed by atoms with Crippen LogP contribution in [-0.2, 0) is 24.2 Å². The molecule has 0 fully saturated rings. The van der Waals surface area contributed by atoms with E-state index in [2.05, 4.69) is 16.4 Å². The van der Waals surface area contributed by atoms with Gasteiger partial charge >= 0.3 is 0 Å². The number of hydrogen-bond acceptors (Lipinski definition) is 6. The summed E-state index contributed by atoms with van der Waals surface area (Å²) in [6, 6.07) is 9.76. The number of thiophene rings is 1. The fourth-order valence-electron chi connectivity index (χ4n) is 3.83. The van der Waals surface area contributed by atoms with E-state index in [1.54, 1.807) is 34.0 Å². The van der Waals surface area contributed by atoms with E-state index in [0.717, 1.165) is 40.1 Å². The average Bonchev–Trinajstić information content (AvgIpc) is 3.14. The van der Waals surface area contributed by atoms with Gasteiger partial charge in [-0.15, -0.1) is 23.1 Å². The van der Waals surface area contributed by atoms with E-state index in [1.165, 1.54) is 16.9 Å². The van der Waals surface area contributed by atoms with Crippen LogP contribution in [0.1, 0.15) is 43.0 Å². The highest BCUT2D eigenvalue weighted by Crippen LogP contribution is 2.33. The Morgan fingerprint density at radius 2 is 2.16 bits per heavy atom. The molecule has 0 aliphatic heterocycles. The number of nitrogens with one attached hydrogen (secondary N) is 1. The van der Waals surface area contributed by atoms with Gasteiger partial charge in [-0.3, -0.25) is 14.2 Å². The third kappa shape index (κ3) is 4.83. The summed E-state index contributed by atoms with van der Waals surface area (Å²) in [7, 11) is 0. The zero-order valence-electron chi connectivity index (χ0n) is 17.4. The quantitative estimate of drug-likeness (QED) is 0.522. The van der Waals surface area contributed by atoms with Crippen molar-refractivity contribution < 1.29 is 4.79 Å². The van der Waals surface area contributed by atoms with Crippen LogP contribution < -0.4 is 10.9 Å².